The van der Waals surface area contributed by atoms with Gasteiger partial charge < -0.3 is 15.0 Å². The number of hydrogen-bond acceptors (Lipinski definition) is 3. The van der Waals surface area contributed by atoms with Gasteiger partial charge in [-0.25, -0.2) is 4.79 Å². The third-order valence-electron chi connectivity index (χ3n) is 6.26. The summed E-state index contributed by atoms with van der Waals surface area (Å²) in [5.74, 6) is 2.20. The molecule has 0 bridgehead atoms. The Bertz CT molecular complexity index is 567. The maximum absolute atomic E-state index is 12.3. The molecule has 1 aromatic rings. The minimum Gasteiger partial charge on any atom is -0.410 e. The van der Waals surface area contributed by atoms with Crippen LogP contribution in [0.25, 0.3) is 0 Å². The van der Waals surface area contributed by atoms with Gasteiger partial charge in [-0.2, -0.15) is 0 Å². The van der Waals surface area contributed by atoms with E-state index in [9.17, 15) is 4.79 Å². The first-order valence-corrected chi connectivity index (χ1v) is 10.4. The molecule has 4 nitrogen and oxygen atoms in total. The average Bonchev–Trinajstić information content (AvgIpc) is 3.32. The van der Waals surface area contributed by atoms with Crippen molar-refractivity contribution >= 4 is 6.09 Å². The lowest BCUT2D eigenvalue weighted by Gasteiger charge is -2.32. The molecule has 1 aliphatic carbocycles. The molecular weight excluding hydrogens is 324 g/mol. The van der Waals surface area contributed by atoms with Crippen molar-refractivity contribution in [3.8, 4) is 5.75 Å². The number of piperidine rings is 1. The van der Waals surface area contributed by atoms with Gasteiger partial charge in [0.15, 0.2) is 0 Å². The van der Waals surface area contributed by atoms with Crippen LogP contribution in [0.15, 0.2) is 30.3 Å². The molecule has 1 N–H and O–H groups in total. The number of carbonyl (C=O) groups excluding carboxylic acids is 1. The van der Waals surface area contributed by atoms with Crippen LogP contribution in [0.5, 0.6) is 5.75 Å². The lowest BCUT2D eigenvalue weighted by Crippen LogP contribution is -2.41. The van der Waals surface area contributed by atoms with E-state index >= 15 is 0 Å². The second-order valence-corrected chi connectivity index (χ2v) is 8.34. The zero-order chi connectivity index (χ0) is 18.4. The fourth-order valence-corrected chi connectivity index (χ4v) is 4.28. The molecule has 1 amide bonds. The summed E-state index contributed by atoms with van der Waals surface area (Å²) in [5, 5.41) is 3.69. The second kappa shape index (κ2) is 8.90. The van der Waals surface area contributed by atoms with Crippen molar-refractivity contribution in [2.75, 3.05) is 26.2 Å². The van der Waals surface area contributed by atoms with E-state index in [0.29, 0.717) is 11.2 Å². The summed E-state index contributed by atoms with van der Waals surface area (Å²) in [6.07, 6.45) is 7.32. The number of unbranched alkanes of at least 4 members (excludes halogenated alkanes) is 1. The summed E-state index contributed by atoms with van der Waals surface area (Å²) >= 11 is 0. The van der Waals surface area contributed by atoms with Crippen LogP contribution < -0.4 is 10.1 Å². The first kappa shape index (κ1) is 19.2. The van der Waals surface area contributed by atoms with Gasteiger partial charge in [0.25, 0.3) is 0 Å². The highest BCUT2D eigenvalue weighted by Crippen LogP contribution is 2.59. The number of rotatable bonds is 8. The lowest BCUT2D eigenvalue weighted by molar-refractivity contribution is 0.123. The van der Waals surface area contributed by atoms with Crippen molar-refractivity contribution in [3.63, 3.8) is 0 Å². The lowest BCUT2D eigenvalue weighted by atomic mass is 9.91. The Morgan fingerprint density at radius 2 is 2.04 bits per heavy atom. The van der Waals surface area contributed by atoms with Crippen LogP contribution in [0.3, 0.4) is 0 Å². The number of likely N-dealkylation sites (tertiary alicyclic amines) is 1. The molecule has 2 aliphatic rings. The number of nitrogens with zero attached hydrogens (tertiary/aromatic N) is 1. The van der Waals surface area contributed by atoms with Crippen LogP contribution in [0.2, 0.25) is 0 Å². The van der Waals surface area contributed by atoms with Crippen LogP contribution >= 0.6 is 0 Å². The predicted molar refractivity (Wildman–Crippen MR) is 105 cm³/mol. The van der Waals surface area contributed by atoms with Crippen molar-refractivity contribution in [2.24, 2.45) is 17.3 Å². The highest BCUT2D eigenvalue weighted by Gasteiger charge is 2.54. The van der Waals surface area contributed by atoms with Gasteiger partial charge in [0.05, 0.1) is 0 Å². The second-order valence-electron chi connectivity index (χ2n) is 8.34. The molecule has 2 fully saturated rings. The molecule has 1 heterocycles. The minimum atomic E-state index is -0.203. The van der Waals surface area contributed by atoms with E-state index in [1.807, 2.05) is 35.2 Å². The van der Waals surface area contributed by atoms with E-state index in [-0.39, 0.29) is 6.09 Å². The monoisotopic (exact) mass is 358 g/mol. The van der Waals surface area contributed by atoms with Crippen LogP contribution in [0.1, 0.15) is 52.4 Å². The molecule has 144 valence electrons. The van der Waals surface area contributed by atoms with Crippen molar-refractivity contribution in [1.29, 1.82) is 0 Å². The molecule has 1 saturated heterocycles. The van der Waals surface area contributed by atoms with E-state index in [4.69, 9.17) is 4.74 Å². The van der Waals surface area contributed by atoms with Crippen LogP contribution in [0, 0.1) is 17.3 Å². The summed E-state index contributed by atoms with van der Waals surface area (Å²) in [6, 6.07) is 9.35. The molecule has 1 saturated carbocycles. The van der Waals surface area contributed by atoms with Crippen molar-refractivity contribution in [3.05, 3.63) is 30.3 Å². The highest BCUT2D eigenvalue weighted by molar-refractivity contribution is 5.70. The number of hydrogen-bond donors (Lipinski definition) is 1. The number of nitrogens with one attached hydrogen (secondary N) is 1. The zero-order valence-electron chi connectivity index (χ0n) is 16.4. The van der Waals surface area contributed by atoms with E-state index in [1.54, 1.807) is 0 Å². The van der Waals surface area contributed by atoms with Gasteiger partial charge in [0, 0.05) is 13.1 Å². The van der Waals surface area contributed by atoms with Crippen LogP contribution in [-0.2, 0) is 0 Å². The Labute approximate surface area is 158 Å². The van der Waals surface area contributed by atoms with Gasteiger partial charge in [-0.15, -0.1) is 0 Å². The number of amides is 1. The largest absolute Gasteiger partial charge is 0.415 e. The van der Waals surface area contributed by atoms with Gasteiger partial charge in [-0.3, -0.25) is 0 Å². The Morgan fingerprint density at radius 3 is 2.73 bits per heavy atom. The van der Waals surface area contributed by atoms with Crippen molar-refractivity contribution in [1.82, 2.24) is 10.2 Å². The molecule has 4 heteroatoms. The Morgan fingerprint density at radius 1 is 1.31 bits per heavy atom. The van der Waals surface area contributed by atoms with Gasteiger partial charge in [-0.1, -0.05) is 44.9 Å². The minimum absolute atomic E-state index is 0.203. The third kappa shape index (κ3) is 5.00. The molecule has 1 spiro atoms. The fraction of sp³-hybridized carbons (Fsp3) is 0.682. The molecule has 1 aromatic carbocycles. The van der Waals surface area contributed by atoms with Crippen molar-refractivity contribution < 1.29 is 9.53 Å². The van der Waals surface area contributed by atoms with Crippen molar-refractivity contribution in [2.45, 2.75) is 52.4 Å². The number of para-hydroxylation sites is 1. The number of benzene rings is 1. The molecule has 2 unspecified atom stereocenters. The van der Waals surface area contributed by atoms with E-state index in [2.05, 4.69) is 19.2 Å². The molecule has 26 heavy (non-hydrogen) atoms. The van der Waals surface area contributed by atoms with E-state index < -0.39 is 0 Å². The maximum atomic E-state index is 12.3. The van der Waals surface area contributed by atoms with Gasteiger partial charge in [0.2, 0.25) is 0 Å². The Balaban J connectivity index is 1.35. The normalized spacial score (nSPS) is 22.2. The molecular formula is C22H34N2O2. The SMILES string of the molecule is CCCCC(C)CNCC1CC12CCN(C(=O)Oc1ccccc1)CC2. The highest BCUT2D eigenvalue weighted by atomic mass is 16.6. The standard InChI is InChI=1S/C22H34N2O2/c1-3-4-8-18(2)16-23-17-19-15-22(19)11-13-24(14-12-22)21(25)26-20-9-6-5-7-10-20/h5-7,9-10,18-19,23H,3-4,8,11-17H2,1-2H3. The summed E-state index contributed by atoms with van der Waals surface area (Å²) in [5.41, 5.74) is 0.489. The summed E-state index contributed by atoms with van der Waals surface area (Å²) in [4.78, 5) is 14.2. The average molecular weight is 359 g/mol. The maximum Gasteiger partial charge on any atom is 0.415 e. The molecule has 0 aromatic heterocycles. The number of carbonyl (C=O) groups is 1. The Hall–Kier alpha value is -1.55. The molecule has 0 radical (unpaired) electrons. The van der Waals surface area contributed by atoms with Gasteiger partial charge >= 0.3 is 6.09 Å². The quantitative estimate of drug-likeness (QED) is 0.732. The fourth-order valence-electron chi connectivity index (χ4n) is 4.28. The topological polar surface area (TPSA) is 41.6 Å². The first-order chi connectivity index (χ1) is 12.6. The Kier molecular flexibility index (Phi) is 6.58. The predicted octanol–water partition coefficient (Wildman–Crippen LogP) is 4.70. The van der Waals surface area contributed by atoms with Gasteiger partial charge in [0.1, 0.15) is 5.75 Å². The third-order valence-corrected chi connectivity index (χ3v) is 6.26. The summed E-state index contributed by atoms with van der Waals surface area (Å²) in [6.45, 7) is 8.55. The summed E-state index contributed by atoms with van der Waals surface area (Å²) in [7, 11) is 0. The summed E-state index contributed by atoms with van der Waals surface area (Å²) < 4.78 is 5.47. The zero-order valence-corrected chi connectivity index (χ0v) is 16.4. The molecule has 1 aliphatic heterocycles. The van der Waals surface area contributed by atoms with Crippen LogP contribution in [0.4, 0.5) is 4.79 Å². The first-order valence-electron chi connectivity index (χ1n) is 10.4. The van der Waals surface area contributed by atoms with Crippen LogP contribution in [-0.4, -0.2) is 37.2 Å². The van der Waals surface area contributed by atoms with Gasteiger partial charge in [-0.05, 0) is 68.2 Å². The van der Waals surface area contributed by atoms with E-state index in [1.165, 1.54) is 25.7 Å². The molecule has 3 rings (SSSR count). The van der Waals surface area contributed by atoms with E-state index in [0.717, 1.165) is 50.9 Å². The molecule has 2 atom stereocenters. The number of ether oxygens (including phenoxy) is 1. The smallest absolute Gasteiger partial charge is 0.410 e.